The van der Waals surface area contributed by atoms with Gasteiger partial charge in [0.25, 0.3) is 0 Å². The molecular formula is C24H25N5S. The average Bonchev–Trinajstić information content (AvgIpc) is 3.37. The molecule has 0 amide bonds. The highest BCUT2D eigenvalue weighted by molar-refractivity contribution is 7.18. The van der Waals surface area contributed by atoms with Crippen molar-refractivity contribution in [3.05, 3.63) is 60.2 Å². The fourth-order valence-corrected chi connectivity index (χ4v) is 5.28. The van der Waals surface area contributed by atoms with Crippen LogP contribution in [0.5, 0.6) is 0 Å². The zero-order valence-electron chi connectivity index (χ0n) is 17.4. The first-order chi connectivity index (χ1) is 14.7. The number of aromatic nitrogens is 4. The molecule has 1 aliphatic heterocycles. The van der Waals surface area contributed by atoms with Crippen LogP contribution >= 0.6 is 11.3 Å². The Morgan fingerprint density at radius 1 is 1.10 bits per heavy atom. The summed E-state index contributed by atoms with van der Waals surface area (Å²) in [5.74, 6) is 0. The minimum atomic E-state index is 0.697. The van der Waals surface area contributed by atoms with E-state index < -0.39 is 0 Å². The summed E-state index contributed by atoms with van der Waals surface area (Å²) in [5, 5.41) is 2.08. The summed E-state index contributed by atoms with van der Waals surface area (Å²) in [5.41, 5.74) is 5.20. The van der Waals surface area contributed by atoms with Gasteiger partial charge in [0.1, 0.15) is 10.7 Å². The molecule has 0 unspecified atom stereocenters. The standard InChI is InChI=1S/C24H25N5S/c1-16-5-4-13-29(16)14-10-19-7-3-6-18-8-9-20(28-22(18)19)23-17(2)27-24(30-23)21-15-25-11-12-26-21/h3,6-9,11-12,15-16H,4-5,10,13-14H2,1-2H3/t16-/m1/s1. The van der Waals surface area contributed by atoms with Crippen LogP contribution in [0.1, 0.15) is 31.0 Å². The van der Waals surface area contributed by atoms with Crippen LogP contribution in [0, 0.1) is 6.92 Å². The van der Waals surface area contributed by atoms with Gasteiger partial charge in [-0.25, -0.2) is 9.97 Å². The molecule has 1 atom stereocenters. The SMILES string of the molecule is Cc1nc(-c2cnccn2)sc1-c1ccc2cccc(CCN3CCC[C@H]3C)c2n1. The summed E-state index contributed by atoms with van der Waals surface area (Å²) in [4.78, 5) is 22.1. The van der Waals surface area contributed by atoms with Gasteiger partial charge >= 0.3 is 0 Å². The molecule has 152 valence electrons. The van der Waals surface area contributed by atoms with Crippen LogP contribution in [0.15, 0.2) is 48.9 Å². The summed E-state index contributed by atoms with van der Waals surface area (Å²) in [6.45, 7) is 6.70. The van der Waals surface area contributed by atoms with Crippen molar-refractivity contribution in [2.45, 2.75) is 39.2 Å². The maximum atomic E-state index is 5.09. The molecule has 30 heavy (non-hydrogen) atoms. The number of nitrogens with zero attached hydrogens (tertiary/aromatic N) is 5. The van der Waals surface area contributed by atoms with Crippen LogP contribution in [0.4, 0.5) is 0 Å². The molecule has 1 saturated heterocycles. The number of hydrogen-bond donors (Lipinski definition) is 0. The monoisotopic (exact) mass is 415 g/mol. The quantitative estimate of drug-likeness (QED) is 0.451. The van der Waals surface area contributed by atoms with Gasteiger partial charge in [0, 0.05) is 30.4 Å². The normalized spacial score (nSPS) is 17.1. The van der Waals surface area contributed by atoms with E-state index in [0.717, 1.165) is 45.4 Å². The fraction of sp³-hybridized carbons (Fsp3) is 0.333. The first-order valence-corrected chi connectivity index (χ1v) is 11.4. The van der Waals surface area contributed by atoms with E-state index in [2.05, 4.69) is 52.1 Å². The van der Waals surface area contributed by atoms with Crippen molar-refractivity contribution in [2.24, 2.45) is 0 Å². The van der Waals surface area contributed by atoms with Crippen molar-refractivity contribution in [3.63, 3.8) is 0 Å². The molecule has 0 bridgehead atoms. The lowest BCUT2D eigenvalue weighted by Crippen LogP contribution is -2.29. The van der Waals surface area contributed by atoms with Crippen molar-refractivity contribution in [1.82, 2.24) is 24.8 Å². The molecule has 1 fully saturated rings. The fourth-order valence-electron chi connectivity index (χ4n) is 4.28. The minimum absolute atomic E-state index is 0.697. The van der Waals surface area contributed by atoms with E-state index in [1.165, 1.54) is 30.3 Å². The summed E-state index contributed by atoms with van der Waals surface area (Å²) in [6.07, 6.45) is 8.81. The number of aryl methyl sites for hydroxylation is 1. The third kappa shape index (κ3) is 3.73. The van der Waals surface area contributed by atoms with Gasteiger partial charge in [0.15, 0.2) is 0 Å². The molecule has 0 saturated carbocycles. The van der Waals surface area contributed by atoms with E-state index in [4.69, 9.17) is 9.97 Å². The predicted octanol–water partition coefficient (Wildman–Crippen LogP) is 5.15. The molecule has 0 N–H and O–H groups in total. The zero-order chi connectivity index (χ0) is 20.5. The highest BCUT2D eigenvalue weighted by Gasteiger charge is 2.20. The average molecular weight is 416 g/mol. The van der Waals surface area contributed by atoms with Gasteiger partial charge in [-0.2, -0.15) is 0 Å². The van der Waals surface area contributed by atoms with E-state index >= 15 is 0 Å². The first-order valence-electron chi connectivity index (χ1n) is 10.6. The van der Waals surface area contributed by atoms with Crippen LogP contribution in [-0.2, 0) is 6.42 Å². The van der Waals surface area contributed by atoms with Gasteiger partial charge in [-0.3, -0.25) is 9.97 Å². The molecule has 5 rings (SSSR count). The van der Waals surface area contributed by atoms with Crippen LogP contribution in [0.25, 0.3) is 32.2 Å². The molecular weight excluding hydrogens is 390 g/mol. The summed E-state index contributed by atoms with van der Waals surface area (Å²) >= 11 is 1.63. The third-order valence-corrected chi connectivity index (χ3v) is 7.18. The zero-order valence-corrected chi connectivity index (χ0v) is 18.2. The van der Waals surface area contributed by atoms with Crippen LogP contribution in [0.2, 0.25) is 0 Å². The number of benzene rings is 1. The van der Waals surface area contributed by atoms with E-state index in [0.29, 0.717) is 6.04 Å². The molecule has 0 aliphatic carbocycles. The van der Waals surface area contributed by atoms with E-state index in [1.54, 1.807) is 29.9 Å². The summed E-state index contributed by atoms with van der Waals surface area (Å²) in [7, 11) is 0. The molecule has 4 aromatic rings. The van der Waals surface area contributed by atoms with E-state index in [-0.39, 0.29) is 0 Å². The molecule has 0 radical (unpaired) electrons. The van der Waals surface area contributed by atoms with Crippen molar-refractivity contribution < 1.29 is 0 Å². The molecule has 0 spiro atoms. The number of para-hydroxylation sites is 1. The second kappa shape index (κ2) is 8.20. The topological polar surface area (TPSA) is 54.8 Å². The highest BCUT2D eigenvalue weighted by Crippen LogP contribution is 2.34. The van der Waals surface area contributed by atoms with Gasteiger partial charge in [0.2, 0.25) is 0 Å². The number of rotatable bonds is 5. The van der Waals surface area contributed by atoms with Gasteiger partial charge in [0.05, 0.1) is 28.0 Å². The lowest BCUT2D eigenvalue weighted by atomic mass is 10.1. The van der Waals surface area contributed by atoms with Gasteiger partial charge < -0.3 is 4.90 Å². The lowest BCUT2D eigenvalue weighted by Gasteiger charge is -2.21. The second-order valence-electron chi connectivity index (χ2n) is 7.99. The molecule has 4 heterocycles. The van der Waals surface area contributed by atoms with Gasteiger partial charge in [-0.15, -0.1) is 11.3 Å². The molecule has 5 nitrogen and oxygen atoms in total. The Labute approximate surface area is 180 Å². The van der Waals surface area contributed by atoms with E-state index in [9.17, 15) is 0 Å². The number of pyridine rings is 1. The molecule has 3 aromatic heterocycles. The largest absolute Gasteiger partial charge is 0.300 e. The second-order valence-corrected chi connectivity index (χ2v) is 8.99. The Balaban J connectivity index is 1.48. The first kappa shape index (κ1) is 19.3. The van der Waals surface area contributed by atoms with E-state index in [1.807, 2.05) is 6.92 Å². The smallest absolute Gasteiger partial charge is 0.144 e. The van der Waals surface area contributed by atoms with Crippen molar-refractivity contribution in [3.8, 4) is 21.3 Å². The van der Waals surface area contributed by atoms with Gasteiger partial charge in [-0.1, -0.05) is 24.3 Å². The van der Waals surface area contributed by atoms with Crippen molar-refractivity contribution in [2.75, 3.05) is 13.1 Å². The van der Waals surface area contributed by atoms with Gasteiger partial charge in [-0.05, 0) is 51.3 Å². The molecule has 1 aliphatic rings. The lowest BCUT2D eigenvalue weighted by molar-refractivity contribution is 0.272. The third-order valence-electron chi connectivity index (χ3n) is 5.97. The number of fused-ring (bicyclic) bond motifs is 1. The van der Waals surface area contributed by atoms with Crippen LogP contribution < -0.4 is 0 Å². The Kier molecular flexibility index (Phi) is 5.27. The van der Waals surface area contributed by atoms with Crippen molar-refractivity contribution in [1.29, 1.82) is 0 Å². The van der Waals surface area contributed by atoms with Crippen LogP contribution in [-0.4, -0.2) is 44.0 Å². The Morgan fingerprint density at radius 3 is 2.83 bits per heavy atom. The van der Waals surface area contributed by atoms with Crippen LogP contribution in [0.3, 0.4) is 0 Å². The summed E-state index contributed by atoms with van der Waals surface area (Å²) in [6, 6.07) is 11.5. The number of hydrogen-bond acceptors (Lipinski definition) is 6. The number of likely N-dealkylation sites (tertiary alicyclic amines) is 1. The highest BCUT2D eigenvalue weighted by atomic mass is 32.1. The molecule has 6 heteroatoms. The minimum Gasteiger partial charge on any atom is -0.300 e. The maximum absolute atomic E-state index is 5.09. The Bertz CT molecular complexity index is 1170. The predicted molar refractivity (Wildman–Crippen MR) is 123 cm³/mol. The Hall–Kier alpha value is -2.70. The summed E-state index contributed by atoms with van der Waals surface area (Å²) < 4.78 is 0. The Morgan fingerprint density at radius 2 is 2.03 bits per heavy atom. The number of thiazole rings is 1. The van der Waals surface area contributed by atoms with Crippen molar-refractivity contribution >= 4 is 22.2 Å². The maximum Gasteiger partial charge on any atom is 0.144 e. The molecule has 1 aromatic carbocycles.